The molecule has 0 spiro atoms. The Morgan fingerprint density at radius 1 is 0.545 bits per heavy atom. The van der Waals surface area contributed by atoms with Crippen LogP contribution in [0.1, 0.15) is 39.1 Å². The van der Waals surface area contributed by atoms with Gasteiger partial charge in [-0.25, -0.2) is 0 Å². The number of ether oxygens (including phenoxy) is 11. The summed E-state index contributed by atoms with van der Waals surface area (Å²) in [6, 6.07) is 10.3. The number of imide groups is 2. The Labute approximate surface area is 386 Å². The summed E-state index contributed by atoms with van der Waals surface area (Å²) < 4.78 is 89.5. The van der Waals surface area contributed by atoms with Gasteiger partial charge >= 0.3 is 0 Å². The molecule has 22 heteroatoms. The molecule has 2 aromatic rings. The summed E-state index contributed by atoms with van der Waals surface area (Å²) in [5.74, 6) is -2.19. The Bertz CT molecular complexity index is 1840. The van der Waals surface area contributed by atoms with E-state index < -0.39 is 39.8 Å². The summed E-state index contributed by atoms with van der Waals surface area (Å²) in [4.78, 5) is 51.0. The zero-order chi connectivity index (χ0) is 47.1. The fourth-order valence-corrected chi connectivity index (χ4v) is 7.09. The number of fused-ring (bicyclic) bond motifs is 1. The first-order chi connectivity index (χ1) is 32.2. The highest BCUT2D eigenvalue weighted by atomic mass is 32.2. The summed E-state index contributed by atoms with van der Waals surface area (Å²) in [5, 5.41) is 5.33. The number of nitrogens with one attached hydrogen (secondary N) is 2. The molecule has 4 rings (SSSR count). The first kappa shape index (κ1) is 54.6. The smallest absolute Gasteiger partial charge is 0.297 e. The molecule has 2 aromatic carbocycles. The normalized spacial score (nSPS) is 15.2. The van der Waals surface area contributed by atoms with Crippen molar-refractivity contribution in [3.8, 4) is 0 Å². The van der Waals surface area contributed by atoms with Gasteiger partial charge < -0.3 is 57.4 Å². The lowest BCUT2D eigenvalue weighted by Gasteiger charge is -2.27. The van der Waals surface area contributed by atoms with Crippen LogP contribution in [0.3, 0.4) is 0 Å². The summed E-state index contributed by atoms with van der Waals surface area (Å²) in [6.45, 7) is 11.0. The standard InChI is InChI=1S/C44H65N3O18S/c1-35-5-7-36(8-6-35)66(52,53)65-34-33-64-32-31-63-30-29-62-28-27-61-26-25-60-24-23-59-22-21-58-20-19-57-18-17-56-16-15-55-14-13-54-12-11-45-38-4-2-3-37-41(38)44(51)47(43(37)50)39-9-10-40(48)46-42(39)49/h2-8,39,45H,9-34H2,1H3,(H,46,48,49). The monoisotopic (exact) mass is 955 g/mol. The molecular weight excluding hydrogens is 891 g/mol. The van der Waals surface area contributed by atoms with Crippen molar-refractivity contribution < 1.29 is 83.9 Å². The lowest BCUT2D eigenvalue weighted by atomic mass is 10.0. The molecule has 1 fully saturated rings. The number of hydrogen-bond donors (Lipinski definition) is 2. The summed E-state index contributed by atoms with van der Waals surface area (Å²) in [6.07, 6.45) is 0.155. The molecule has 0 bridgehead atoms. The highest BCUT2D eigenvalue weighted by Gasteiger charge is 2.45. The summed E-state index contributed by atoms with van der Waals surface area (Å²) >= 11 is 0. The predicted octanol–water partition coefficient (Wildman–Crippen LogP) is 1.40. The largest absolute Gasteiger partial charge is 0.382 e. The molecule has 2 aliphatic heterocycles. The number of aryl methyl sites for hydroxylation is 1. The molecule has 2 N–H and O–H groups in total. The molecule has 21 nitrogen and oxygen atoms in total. The molecule has 1 atom stereocenters. The van der Waals surface area contributed by atoms with Crippen molar-refractivity contribution in [2.24, 2.45) is 0 Å². The Hall–Kier alpha value is -4.01. The van der Waals surface area contributed by atoms with E-state index in [2.05, 4.69) is 10.6 Å². The van der Waals surface area contributed by atoms with Gasteiger partial charge in [0.2, 0.25) is 11.8 Å². The molecule has 1 saturated heterocycles. The van der Waals surface area contributed by atoms with Crippen LogP contribution in [0.2, 0.25) is 0 Å². The second kappa shape index (κ2) is 32.7. The zero-order valence-corrected chi connectivity index (χ0v) is 38.5. The molecule has 0 aliphatic carbocycles. The maximum absolute atomic E-state index is 13.2. The molecule has 2 heterocycles. The van der Waals surface area contributed by atoms with Crippen molar-refractivity contribution in [2.45, 2.75) is 30.7 Å². The van der Waals surface area contributed by atoms with Crippen LogP contribution in [0.15, 0.2) is 47.4 Å². The van der Waals surface area contributed by atoms with Gasteiger partial charge in [-0.1, -0.05) is 23.8 Å². The van der Waals surface area contributed by atoms with Crippen LogP contribution in [0, 0.1) is 6.92 Å². The van der Waals surface area contributed by atoms with Gasteiger partial charge in [-0.15, -0.1) is 0 Å². The van der Waals surface area contributed by atoms with E-state index in [4.69, 9.17) is 56.3 Å². The van der Waals surface area contributed by atoms with Crippen molar-refractivity contribution in [3.05, 3.63) is 59.2 Å². The molecule has 0 aromatic heterocycles. The lowest BCUT2D eigenvalue weighted by Crippen LogP contribution is -2.54. The Morgan fingerprint density at radius 2 is 0.955 bits per heavy atom. The van der Waals surface area contributed by atoms with Crippen LogP contribution in [-0.2, 0) is 76.0 Å². The molecule has 1 unspecified atom stereocenters. The van der Waals surface area contributed by atoms with E-state index in [0.29, 0.717) is 151 Å². The van der Waals surface area contributed by atoms with Crippen molar-refractivity contribution >= 4 is 39.4 Å². The average Bonchev–Trinajstić information content (AvgIpc) is 3.56. The second-order valence-corrected chi connectivity index (χ2v) is 16.0. The van der Waals surface area contributed by atoms with Gasteiger partial charge in [0.25, 0.3) is 21.9 Å². The van der Waals surface area contributed by atoms with E-state index in [1.807, 2.05) is 6.92 Å². The van der Waals surface area contributed by atoms with Gasteiger partial charge in [-0.05, 0) is 37.6 Å². The van der Waals surface area contributed by atoms with E-state index >= 15 is 0 Å². The van der Waals surface area contributed by atoms with E-state index in [9.17, 15) is 27.6 Å². The number of benzene rings is 2. The fraction of sp³-hybridized carbons (Fsp3) is 0.636. The van der Waals surface area contributed by atoms with Crippen LogP contribution in [0.25, 0.3) is 0 Å². The summed E-state index contributed by atoms with van der Waals surface area (Å²) in [7, 11) is -3.79. The van der Waals surface area contributed by atoms with Gasteiger partial charge in [0.05, 0.1) is 168 Å². The van der Waals surface area contributed by atoms with Crippen molar-refractivity contribution in [1.29, 1.82) is 0 Å². The Morgan fingerprint density at radius 3 is 1.38 bits per heavy atom. The number of amides is 4. The van der Waals surface area contributed by atoms with Gasteiger partial charge in [0, 0.05) is 18.7 Å². The minimum atomic E-state index is -3.79. The SMILES string of the molecule is Cc1ccc(S(=O)(=O)OCCOCCOCCOCCOCCOCCOCCOCCOCCOCCOCCOCCNc2cccc3c2C(=O)N(C2CCC(=O)NC2=O)C3=O)cc1. The van der Waals surface area contributed by atoms with Crippen molar-refractivity contribution in [1.82, 2.24) is 10.2 Å². The van der Waals surface area contributed by atoms with E-state index in [-0.39, 0.29) is 42.1 Å². The minimum Gasteiger partial charge on any atom is -0.382 e. The number of rotatable bonds is 40. The lowest BCUT2D eigenvalue weighted by molar-refractivity contribution is -0.136. The number of piperidine rings is 1. The van der Waals surface area contributed by atoms with Crippen LogP contribution >= 0.6 is 0 Å². The predicted molar refractivity (Wildman–Crippen MR) is 235 cm³/mol. The third kappa shape index (κ3) is 20.9. The number of carbonyl (C=O) groups excluding carboxylic acids is 4. The molecule has 2 aliphatic rings. The van der Waals surface area contributed by atoms with E-state index in [0.717, 1.165) is 10.5 Å². The van der Waals surface area contributed by atoms with Gasteiger partial charge in [-0.2, -0.15) is 8.42 Å². The maximum atomic E-state index is 13.2. The Balaban J connectivity index is 0.799. The van der Waals surface area contributed by atoms with Gasteiger partial charge in [-0.3, -0.25) is 33.6 Å². The fourth-order valence-electron chi connectivity index (χ4n) is 6.20. The third-order valence-corrected chi connectivity index (χ3v) is 10.9. The van der Waals surface area contributed by atoms with Crippen LogP contribution < -0.4 is 10.6 Å². The first-order valence-electron chi connectivity index (χ1n) is 22.1. The van der Waals surface area contributed by atoms with E-state index in [1.54, 1.807) is 30.3 Å². The topological polar surface area (TPSA) is 240 Å². The number of carbonyl (C=O) groups is 4. The third-order valence-electron chi connectivity index (χ3n) is 9.53. The number of nitrogens with zero attached hydrogens (tertiary/aromatic N) is 1. The molecule has 66 heavy (non-hydrogen) atoms. The maximum Gasteiger partial charge on any atom is 0.297 e. The summed E-state index contributed by atoms with van der Waals surface area (Å²) in [5.41, 5.74) is 1.85. The van der Waals surface area contributed by atoms with Gasteiger partial charge in [0.1, 0.15) is 6.04 Å². The average molecular weight is 956 g/mol. The molecular formula is C44H65N3O18S. The van der Waals surface area contributed by atoms with Crippen molar-refractivity contribution in [3.63, 3.8) is 0 Å². The molecule has 370 valence electrons. The quantitative estimate of drug-likeness (QED) is 0.0545. The van der Waals surface area contributed by atoms with Gasteiger partial charge in [0.15, 0.2) is 0 Å². The highest BCUT2D eigenvalue weighted by Crippen LogP contribution is 2.32. The zero-order valence-electron chi connectivity index (χ0n) is 37.7. The second-order valence-electron chi connectivity index (χ2n) is 14.4. The van der Waals surface area contributed by atoms with Crippen LogP contribution in [-0.4, -0.2) is 201 Å². The highest BCUT2D eigenvalue weighted by molar-refractivity contribution is 7.86. The molecule has 0 saturated carbocycles. The first-order valence-corrected chi connectivity index (χ1v) is 23.5. The Kier molecular flexibility index (Phi) is 27.0. The van der Waals surface area contributed by atoms with Crippen molar-refractivity contribution in [2.75, 3.05) is 164 Å². The minimum absolute atomic E-state index is 0.0588. The number of anilines is 1. The van der Waals surface area contributed by atoms with Crippen LogP contribution in [0.4, 0.5) is 5.69 Å². The molecule has 4 amide bonds. The van der Waals surface area contributed by atoms with E-state index in [1.165, 1.54) is 12.1 Å². The molecule has 0 radical (unpaired) electrons. The number of hydrogen-bond acceptors (Lipinski definition) is 19. The van der Waals surface area contributed by atoms with Crippen LogP contribution in [0.5, 0.6) is 0 Å².